The highest BCUT2D eigenvalue weighted by Crippen LogP contribution is 2.42. The highest BCUT2D eigenvalue weighted by Gasteiger charge is 2.25. The van der Waals surface area contributed by atoms with E-state index in [0.29, 0.717) is 29.4 Å². The second-order valence-corrected chi connectivity index (χ2v) is 5.05. The van der Waals surface area contributed by atoms with Crippen LogP contribution < -0.4 is 25.3 Å². The molecule has 1 atom stereocenters. The van der Waals surface area contributed by atoms with Crippen LogP contribution in [0.3, 0.4) is 0 Å². The van der Waals surface area contributed by atoms with Gasteiger partial charge < -0.3 is 30.2 Å². The minimum atomic E-state index is -0.603. The van der Waals surface area contributed by atoms with Crippen LogP contribution in [-0.4, -0.2) is 51.9 Å². The van der Waals surface area contributed by atoms with Crippen molar-refractivity contribution in [2.24, 2.45) is 5.73 Å². The molecule has 1 amide bonds. The predicted octanol–water partition coefficient (Wildman–Crippen LogP) is 0.102. The van der Waals surface area contributed by atoms with E-state index in [1.807, 2.05) is 19.0 Å². The van der Waals surface area contributed by atoms with Crippen LogP contribution in [0, 0.1) is 0 Å². The van der Waals surface area contributed by atoms with Gasteiger partial charge in [0.2, 0.25) is 18.4 Å². The van der Waals surface area contributed by atoms with E-state index in [1.165, 1.54) is 0 Å². The molecule has 1 unspecified atom stereocenters. The van der Waals surface area contributed by atoms with Crippen LogP contribution in [-0.2, 0) is 4.79 Å². The van der Waals surface area contributed by atoms with Crippen molar-refractivity contribution in [1.29, 1.82) is 0 Å². The molecular weight excluding hydrogens is 274 g/mol. The average molecular weight is 295 g/mol. The fraction of sp³-hybridized carbons (Fsp3) is 0.500. The lowest BCUT2D eigenvalue weighted by Gasteiger charge is -2.19. The SMILES string of the molecule is COc1cc(C(NCCN(C)C)C(N)=O)cc2c1OCO2. The number of hydrogen-bond acceptors (Lipinski definition) is 6. The molecule has 0 aliphatic carbocycles. The molecule has 21 heavy (non-hydrogen) atoms. The molecule has 116 valence electrons. The number of amides is 1. The van der Waals surface area contributed by atoms with Gasteiger partial charge in [0.05, 0.1) is 7.11 Å². The molecule has 0 aromatic heterocycles. The number of methoxy groups -OCH3 is 1. The van der Waals surface area contributed by atoms with Crippen LogP contribution in [0.1, 0.15) is 11.6 Å². The molecular formula is C14H21N3O4. The molecule has 0 fully saturated rings. The van der Waals surface area contributed by atoms with Crippen molar-refractivity contribution in [3.8, 4) is 17.2 Å². The molecule has 2 rings (SSSR count). The second-order valence-electron chi connectivity index (χ2n) is 5.05. The van der Waals surface area contributed by atoms with Crippen LogP contribution in [0.15, 0.2) is 12.1 Å². The zero-order valence-electron chi connectivity index (χ0n) is 12.5. The lowest BCUT2D eigenvalue weighted by Crippen LogP contribution is -2.37. The number of ether oxygens (including phenoxy) is 3. The molecule has 0 saturated carbocycles. The van der Waals surface area contributed by atoms with Gasteiger partial charge in [-0.1, -0.05) is 0 Å². The van der Waals surface area contributed by atoms with E-state index in [0.717, 1.165) is 6.54 Å². The molecule has 0 spiro atoms. The number of hydrogen-bond donors (Lipinski definition) is 2. The molecule has 1 heterocycles. The lowest BCUT2D eigenvalue weighted by molar-refractivity contribution is -0.120. The number of likely N-dealkylation sites (N-methyl/N-ethyl adjacent to an activating group) is 1. The Labute approximate surface area is 123 Å². The topological polar surface area (TPSA) is 86.1 Å². The Bertz CT molecular complexity index is 519. The van der Waals surface area contributed by atoms with Gasteiger partial charge in [-0.2, -0.15) is 0 Å². The zero-order chi connectivity index (χ0) is 15.4. The number of benzene rings is 1. The van der Waals surface area contributed by atoms with Crippen LogP contribution in [0.5, 0.6) is 17.2 Å². The molecule has 0 radical (unpaired) electrons. The van der Waals surface area contributed by atoms with Crippen molar-refractivity contribution < 1.29 is 19.0 Å². The van der Waals surface area contributed by atoms with E-state index >= 15 is 0 Å². The number of fused-ring (bicyclic) bond motifs is 1. The van der Waals surface area contributed by atoms with Gasteiger partial charge >= 0.3 is 0 Å². The van der Waals surface area contributed by atoms with Crippen molar-refractivity contribution in [2.75, 3.05) is 41.1 Å². The van der Waals surface area contributed by atoms with Crippen molar-refractivity contribution in [3.63, 3.8) is 0 Å². The first-order valence-electron chi connectivity index (χ1n) is 6.68. The fourth-order valence-corrected chi connectivity index (χ4v) is 2.13. The summed E-state index contributed by atoms with van der Waals surface area (Å²) in [4.78, 5) is 13.7. The van der Waals surface area contributed by atoms with E-state index < -0.39 is 11.9 Å². The number of carbonyl (C=O) groups is 1. The third-order valence-electron chi connectivity index (χ3n) is 3.21. The summed E-state index contributed by atoms with van der Waals surface area (Å²) in [7, 11) is 5.47. The van der Waals surface area contributed by atoms with Crippen LogP contribution >= 0.6 is 0 Å². The van der Waals surface area contributed by atoms with Gasteiger partial charge in [-0.3, -0.25) is 4.79 Å². The second kappa shape index (κ2) is 6.64. The van der Waals surface area contributed by atoms with Crippen molar-refractivity contribution in [1.82, 2.24) is 10.2 Å². The van der Waals surface area contributed by atoms with E-state index in [9.17, 15) is 4.79 Å². The van der Waals surface area contributed by atoms with Gasteiger partial charge in [0.25, 0.3) is 0 Å². The molecule has 0 saturated heterocycles. The highest BCUT2D eigenvalue weighted by molar-refractivity contribution is 5.82. The molecule has 1 aliphatic rings. The number of rotatable bonds is 7. The third kappa shape index (κ3) is 3.56. The predicted molar refractivity (Wildman–Crippen MR) is 77.6 cm³/mol. The number of carbonyl (C=O) groups excluding carboxylic acids is 1. The van der Waals surface area contributed by atoms with E-state index in [2.05, 4.69) is 5.32 Å². The van der Waals surface area contributed by atoms with E-state index in [1.54, 1.807) is 19.2 Å². The van der Waals surface area contributed by atoms with Gasteiger partial charge in [0, 0.05) is 13.1 Å². The number of nitrogens with two attached hydrogens (primary N) is 1. The Balaban J connectivity index is 2.22. The highest BCUT2D eigenvalue weighted by atomic mass is 16.7. The van der Waals surface area contributed by atoms with Crippen LogP contribution in [0.4, 0.5) is 0 Å². The van der Waals surface area contributed by atoms with Gasteiger partial charge in [-0.05, 0) is 31.8 Å². The normalized spacial score (nSPS) is 14.3. The lowest BCUT2D eigenvalue weighted by atomic mass is 10.0. The first-order chi connectivity index (χ1) is 10.0. The van der Waals surface area contributed by atoms with Crippen molar-refractivity contribution in [2.45, 2.75) is 6.04 Å². The Morgan fingerprint density at radius 3 is 2.86 bits per heavy atom. The Kier molecular flexibility index (Phi) is 4.87. The van der Waals surface area contributed by atoms with E-state index in [4.69, 9.17) is 19.9 Å². The summed E-state index contributed by atoms with van der Waals surface area (Å²) < 4.78 is 16.0. The summed E-state index contributed by atoms with van der Waals surface area (Å²) in [5.74, 6) is 1.19. The number of nitrogens with one attached hydrogen (secondary N) is 1. The van der Waals surface area contributed by atoms with Crippen LogP contribution in [0.2, 0.25) is 0 Å². The number of primary amides is 1. The fourth-order valence-electron chi connectivity index (χ4n) is 2.13. The zero-order valence-corrected chi connectivity index (χ0v) is 12.5. The Hall–Kier alpha value is -1.99. The molecule has 7 heteroatoms. The first kappa shape index (κ1) is 15.4. The summed E-state index contributed by atoms with van der Waals surface area (Å²) >= 11 is 0. The van der Waals surface area contributed by atoms with Gasteiger partial charge in [0.15, 0.2) is 11.5 Å². The summed E-state index contributed by atoms with van der Waals surface area (Å²) in [5.41, 5.74) is 6.19. The molecule has 1 aromatic rings. The molecule has 1 aromatic carbocycles. The van der Waals surface area contributed by atoms with E-state index in [-0.39, 0.29) is 6.79 Å². The largest absolute Gasteiger partial charge is 0.493 e. The maximum Gasteiger partial charge on any atom is 0.239 e. The van der Waals surface area contributed by atoms with Crippen molar-refractivity contribution in [3.05, 3.63) is 17.7 Å². The molecule has 0 bridgehead atoms. The molecule has 1 aliphatic heterocycles. The molecule has 3 N–H and O–H groups in total. The van der Waals surface area contributed by atoms with Gasteiger partial charge in [-0.25, -0.2) is 0 Å². The third-order valence-corrected chi connectivity index (χ3v) is 3.21. The first-order valence-corrected chi connectivity index (χ1v) is 6.68. The summed E-state index contributed by atoms with van der Waals surface area (Å²) in [6, 6.07) is 2.89. The van der Waals surface area contributed by atoms with Gasteiger partial charge in [-0.15, -0.1) is 0 Å². The number of nitrogens with zero attached hydrogens (tertiary/aromatic N) is 1. The summed E-state index contributed by atoms with van der Waals surface area (Å²) in [5, 5.41) is 3.14. The molecule has 7 nitrogen and oxygen atoms in total. The maximum absolute atomic E-state index is 11.7. The summed E-state index contributed by atoms with van der Waals surface area (Å²) in [6.45, 7) is 1.58. The quantitative estimate of drug-likeness (QED) is 0.742. The summed E-state index contributed by atoms with van der Waals surface area (Å²) in [6.07, 6.45) is 0. The Morgan fingerprint density at radius 1 is 1.48 bits per heavy atom. The monoisotopic (exact) mass is 295 g/mol. The van der Waals surface area contributed by atoms with Crippen LogP contribution in [0.25, 0.3) is 0 Å². The Morgan fingerprint density at radius 2 is 2.24 bits per heavy atom. The minimum Gasteiger partial charge on any atom is -0.493 e. The average Bonchev–Trinajstić information content (AvgIpc) is 2.90. The smallest absolute Gasteiger partial charge is 0.239 e. The van der Waals surface area contributed by atoms with Crippen molar-refractivity contribution >= 4 is 5.91 Å². The van der Waals surface area contributed by atoms with Gasteiger partial charge in [0.1, 0.15) is 6.04 Å². The standard InChI is InChI=1S/C14H21N3O4/c1-17(2)5-4-16-12(14(15)18)9-6-10(19-3)13-11(7-9)20-8-21-13/h6-7,12,16H,4-5,8H2,1-3H3,(H2,15,18). The maximum atomic E-state index is 11.7. The minimum absolute atomic E-state index is 0.143.